The first kappa shape index (κ1) is 15.5. The summed E-state index contributed by atoms with van der Waals surface area (Å²) >= 11 is 5.91. The molecular formula is C15H24ClNO. The van der Waals surface area contributed by atoms with Gasteiger partial charge < -0.3 is 10.1 Å². The van der Waals surface area contributed by atoms with Crippen LogP contribution >= 0.6 is 11.6 Å². The van der Waals surface area contributed by atoms with Gasteiger partial charge in [0.15, 0.2) is 0 Å². The van der Waals surface area contributed by atoms with Crippen LogP contribution in [0.25, 0.3) is 0 Å². The van der Waals surface area contributed by atoms with E-state index < -0.39 is 0 Å². The number of halogens is 1. The largest absolute Gasteiger partial charge is 0.372 e. The lowest BCUT2D eigenvalue weighted by atomic mass is 10.1. The van der Waals surface area contributed by atoms with Crippen LogP contribution in [0.3, 0.4) is 0 Å². The standard InChI is InChI=1S/C15H24ClNO/c1-4-5-10-18-15(11-17-12(2)3)13-6-8-14(16)9-7-13/h6-9,12,15,17H,4-5,10-11H2,1-3H3. The van der Waals surface area contributed by atoms with E-state index in [0.29, 0.717) is 6.04 Å². The third kappa shape index (κ3) is 5.85. The van der Waals surface area contributed by atoms with E-state index in [2.05, 4.69) is 26.1 Å². The molecule has 0 fully saturated rings. The number of nitrogens with one attached hydrogen (secondary N) is 1. The Morgan fingerprint density at radius 1 is 1.22 bits per heavy atom. The van der Waals surface area contributed by atoms with E-state index in [4.69, 9.17) is 16.3 Å². The van der Waals surface area contributed by atoms with Crippen LogP contribution in [0.1, 0.15) is 45.3 Å². The molecule has 0 heterocycles. The van der Waals surface area contributed by atoms with Crippen molar-refractivity contribution in [3.05, 3.63) is 34.9 Å². The van der Waals surface area contributed by atoms with Crippen LogP contribution in [-0.4, -0.2) is 19.2 Å². The smallest absolute Gasteiger partial charge is 0.0949 e. The van der Waals surface area contributed by atoms with E-state index in [1.807, 2.05) is 24.3 Å². The van der Waals surface area contributed by atoms with Crippen LogP contribution in [0.5, 0.6) is 0 Å². The lowest BCUT2D eigenvalue weighted by Crippen LogP contribution is -2.29. The Morgan fingerprint density at radius 2 is 1.89 bits per heavy atom. The van der Waals surface area contributed by atoms with Crippen LogP contribution < -0.4 is 5.32 Å². The van der Waals surface area contributed by atoms with Crippen molar-refractivity contribution >= 4 is 11.6 Å². The molecule has 0 amide bonds. The van der Waals surface area contributed by atoms with Gasteiger partial charge in [-0.1, -0.05) is 50.9 Å². The predicted molar refractivity (Wildman–Crippen MR) is 78.2 cm³/mol. The average Bonchev–Trinajstić information content (AvgIpc) is 2.34. The second-order valence-electron chi connectivity index (χ2n) is 4.83. The molecule has 1 atom stereocenters. The van der Waals surface area contributed by atoms with Crippen molar-refractivity contribution in [2.75, 3.05) is 13.2 Å². The van der Waals surface area contributed by atoms with Gasteiger partial charge in [0.25, 0.3) is 0 Å². The van der Waals surface area contributed by atoms with Crippen molar-refractivity contribution in [2.24, 2.45) is 0 Å². The Morgan fingerprint density at radius 3 is 2.44 bits per heavy atom. The van der Waals surface area contributed by atoms with E-state index in [-0.39, 0.29) is 6.10 Å². The molecule has 0 spiro atoms. The van der Waals surface area contributed by atoms with Gasteiger partial charge in [-0.3, -0.25) is 0 Å². The average molecular weight is 270 g/mol. The van der Waals surface area contributed by atoms with Crippen LogP contribution in [0, 0.1) is 0 Å². The zero-order chi connectivity index (χ0) is 13.4. The molecule has 0 bridgehead atoms. The minimum atomic E-state index is 0.108. The number of unbranched alkanes of at least 4 members (excludes halogenated alkanes) is 1. The van der Waals surface area contributed by atoms with Crippen molar-refractivity contribution in [2.45, 2.75) is 45.8 Å². The summed E-state index contributed by atoms with van der Waals surface area (Å²) in [5, 5.41) is 4.19. The van der Waals surface area contributed by atoms with E-state index in [1.165, 1.54) is 5.56 Å². The van der Waals surface area contributed by atoms with Gasteiger partial charge in [-0.2, -0.15) is 0 Å². The maximum Gasteiger partial charge on any atom is 0.0949 e. The molecule has 0 aliphatic carbocycles. The highest BCUT2D eigenvalue weighted by atomic mass is 35.5. The van der Waals surface area contributed by atoms with Gasteiger partial charge >= 0.3 is 0 Å². The molecule has 18 heavy (non-hydrogen) atoms. The molecule has 102 valence electrons. The van der Waals surface area contributed by atoms with E-state index >= 15 is 0 Å². The highest BCUT2D eigenvalue weighted by Crippen LogP contribution is 2.20. The summed E-state index contributed by atoms with van der Waals surface area (Å²) in [5.74, 6) is 0. The first-order valence-electron chi connectivity index (χ1n) is 6.74. The molecule has 0 aliphatic rings. The fraction of sp³-hybridized carbons (Fsp3) is 0.600. The van der Waals surface area contributed by atoms with Crippen LogP contribution in [0.15, 0.2) is 24.3 Å². The molecule has 1 N–H and O–H groups in total. The Labute approximate surface area is 116 Å². The predicted octanol–water partition coefficient (Wildman–Crippen LogP) is 4.20. The fourth-order valence-corrected chi connectivity index (χ4v) is 1.79. The second kappa shape index (κ2) is 8.52. The molecule has 0 saturated carbocycles. The summed E-state index contributed by atoms with van der Waals surface area (Å²) in [6, 6.07) is 8.39. The fourth-order valence-electron chi connectivity index (χ4n) is 1.66. The molecular weight excluding hydrogens is 246 g/mol. The van der Waals surface area contributed by atoms with Gasteiger partial charge in [-0.05, 0) is 24.1 Å². The topological polar surface area (TPSA) is 21.3 Å². The SMILES string of the molecule is CCCCOC(CNC(C)C)c1ccc(Cl)cc1. The summed E-state index contributed by atoms with van der Waals surface area (Å²) in [6.45, 7) is 8.11. The van der Waals surface area contributed by atoms with E-state index in [9.17, 15) is 0 Å². The molecule has 1 unspecified atom stereocenters. The Balaban J connectivity index is 2.60. The third-order valence-corrected chi connectivity index (χ3v) is 3.02. The summed E-state index contributed by atoms with van der Waals surface area (Å²) in [7, 11) is 0. The van der Waals surface area contributed by atoms with Gasteiger partial charge in [-0.15, -0.1) is 0 Å². The monoisotopic (exact) mass is 269 g/mol. The first-order chi connectivity index (χ1) is 8.63. The van der Waals surface area contributed by atoms with E-state index in [0.717, 1.165) is 31.0 Å². The van der Waals surface area contributed by atoms with Crippen LogP contribution in [-0.2, 0) is 4.74 Å². The quantitative estimate of drug-likeness (QED) is 0.715. The highest BCUT2D eigenvalue weighted by Gasteiger charge is 2.12. The Hall–Kier alpha value is -0.570. The van der Waals surface area contributed by atoms with Crippen LogP contribution in [0.4, 0.5) is 0 Å². The molecule has 1 aromatic carbocycles. The highest BCUT2D eigenvalue weighted by molar-refractivity contribution is 6.30. The van der Waals surface area contributed by atoms with Gasteiger partial charge in [0.2, 0.25) is 0 Å². The summed E-state index contributed by atoms with van der Waals surface area (Å²) in [6.07, 6.45) is 2.37. The summed E-state index contributed by atoms with van der Waals surface area (Å²) in [4.78, 5) is 0. The second-order valence-corrected chi connectivity index (χ2v) is 5.26. The van der Waals surface area contributed by atoms with Gasteiger partial charge in [0, 0.05) is 24.2 Å². The number of rotatable bonds is 8. The molecule has 0 saturated heterocycles. The lowest BCUT2D eigenvalue weighted by Gasteiger charge is -2.20. The number of hydrogen-bond donors (Lipinski definition) is 1. The number of hydrogen-bond acceptors (Lipinski definition) is 2. The molecule has 1 aromatic rings. The zero-order valence-corrected chi connectivity index (χ0v) is 12.3. The maximum atomic E-state index is 5.95. The zero-order valence-electron chi connectivity index (χ0n) is 11.6. The van der Waals surface area contributed by atoms with E-state index in [1.54, 1.807) is 0 Å². The van der Waals surface area contributed by atoms with Crippen LogP contribution in [0.2, 0.25) is 5.02 Å². The number of benzene rings is 1. The Bertz CT molecular complexity index is 324. The molecule has 0 aromatic heterocycles. The number of ether oxygens (including phenoxy) is 1. The lowest BCUT2D eigenvalue weighted by molar-refractivity contribution is 0.0494. The van der Waals surface area contributed by atoms with Gasteiger partial charge in [0.05, 0.1) is 6.10 Å². The van der Waals surface area contributed by atoms with Crippen molar-refractivity contribution in [3.8, 4) is 0 Å². The first-order valence-corrected chi connectivity index (χ1v) is 7.11. The molecule has 0 radical (unpaired) electrons. The minimum absolute atomic E-state index is 0.108. The van der Waals surface area contributed by atoms with Crippen molar-refractivity contribution in [3.63, 3.8) is 0 Å². The summed E-state index contributed by atoms with van der Waals surface area (Å²) in [5.41, 5.74) is 1.18. The maximum absolute atomic E-state index is 5.95. The van der Waals surface area contributed by atoms with Crippen molar-refractivity contribution in [1.82, 2.24) is 5.32 Å². The van der Waals surface area contributed by atoms with Crippen molar-refractivity contribution in [1.29, 1.82) is 0 Å². The third-order valence-electron chi connectivity index (χ3n) is 2.77. The molecule has 0 aliphatic heterocycles. The molecule has 1 rings (SSSR count). The Kier molecular flexibility index (Phi) is 7.33. The normalized spacial score (nSPS) is 12.9. The molecule has 2 nitrogen and oxygen atoms in total. The molecule has 3 heteroatoms. The summed E-state index contributed by atoms with van der Waals surface area (Å²) < 4.78 is 5.95. The van der Waals surface area contributed by atoms with Crippen molar-refractivity contribution < 1.29 is 4.74 Å². The van der Waals surface area contributed by atoms with Gasteiger partial charge in [-0.25, -0.2) is 0 Å². The van der Waals surface area contributed by atoms with Gasteiger partial charge in [0.1, 0.15) is 0 Å². The minimum Gasteiger partial charge on any atom is -0.372 e.